The molecule has 0 bridgehead atoms. The molecule has 2 aromatic carbocycles. The number of ether oxygens (including phenoxy) is 2. The fourth-order valence-corrected chi connectivity index (χ4v) is 2.54. The van der Waals surface area contributed by atoms with Gasteiger partial charge >= 0.3 is 6.36 Å². The van der Waals surface area contributed by atoms with E-state index in [1.807, 2.05) is 6.92 Å². The van der Waals surface area contributed by atoms with Crippen LogP contribution in [0.2, 0.25) is 0 Å². The second-order valence-electron chi connectivity index (χ2n) is 6.15. The summed E-state index contributed by atoms with van der Waals surface area (Å²) in [5.74, 6) is 0.321. The molecule has 0 saturated heterocycles. The monoisotopic (exact) mass is 406 g/mol. The highest BCUT2D eigenvalue weighted by atomic mass is 19.4. The highest BCUT2D eigenvalue weighted by Gasteiger charge is 2.31. The molecular formula is C20H17F3N2O4. The highest BCUT2D eigenvalue weighted by molar-refractivity contribution is 6.04. The zero-order chi connectivity index (χ0) is 21.0. The third-order valence-corrected chi connectivity index (χ3v) is 4.01. The number of hydrogen-bond acceptors (Lipinski definition) is 5. The van der Waals surface area contributed by atoms with E-state index in [0.717, 1.165) is 23.4 Å². The van der Waals surface area contributed by atoms with Crippen molar-refractivity contribution in [1.29, 1.82) is 0 Å². The van der Waals surface area contributed by atoms with Gasteiger partial charge in [-0.05, 0) is 50.2 Å². The first-order valence-corrected chi connectivity index (χ1v) is 8.53. The van der Waals surface area contributed by atoms with Crippen LogP contribution in [-0.2, 0) is 6.61 Å². The average molecular weight is 406 g/mol. The summed E-state index contributed by atoms with van der Waals surface area (Å²) in [5, 5.41) is 6.38. The Bertz CT molecular complexity index is 978. The maximum absolute atomic E-state index is 12.3. The maximum atomic E-state index is 12.3. The van der Waals surface area contributed by atoms with Gasteiger partial charge in [-0.15, -0.1) is 13.2 Å². The lowest BCUT2D eigenvalue weighted by atomic mass is 10.2. The first kappa shape index (κ1) is 20.2. The number of hydrogen-bond donors (Lipinski definition) is 1. The third kappa shape index (κ3) is 5.50. The van der Waals surface area contributed by atoms with Crippen LogP contribution in [0.4, 0.5) is 18.9 Å². The van der Waals surface area contributed by atoms with Crippen molar-refractivity contribution in [3.05, 3.63) is 71.1 Å². The Kier molecular flexibility index (Phi) is 5.76. The van der Waals surface area contributed by atoms with Gasteiger partial charge < -0.3 is 19.3 Å². The smallest absolute Gasteiger partial charge is 0.489 e. The molecule has 0 aliphatic heterocycles. The van der Waals surface area contributed by atoms with Crippen LogP contribution in [0, 0.1) is 13.8 Å². The molecule has 1 heterocycles. The van der Waals surface area contributed by atoms with Crippen molar-refractivity contribution in [3.8, 4) is 11.5 Å². The minimum atomic E-state index is -4.80. The topological polar surface area (TPSA) is 73.6 Å². The van der Waals surface area contributed by atoms with E-state index in [0.29, 0.717) is 17.1 Å². The molecule has 1 aromatic heterocycles. The summed E-state index contributed by atoms with van der Waals surface area (Å²) in [7, 11) is 0. The zero-order valence-electron chi connectivity index (χ0n) is 15.5. The molecular weight excluding hydrogens is 389 g/mol. The lowest BCUT2D eigenvalue weighted by Crippen LogP contribution is -2.17. The summed E-state index contributed by atoms with van der Waals surface area (Å²) < 4.78 is 51.5. The Labute approximate surface area is 164 Å². The number of carbonyl (C=O) groups excluding carboxylic acids is 1. The van der Waals surface area contributed by atoms with Gasteiger partial charge in [-0.25, -0.2) is 0 Å². The highest BCUT2D eigenvalue weighted by Crippen LogP contribution is 2.25. The molecule has 0 spiro atoms. The predicted molar refractivity (Wildman–Crippen MR) is 97.8 cm³/mol. The molecule has 1 N–H and O–H groups in total. The second-order valence-corrected chi connectivity index (χ2v) is 6.15. The summed E-state index contributed by atoms with van der Waals surface area (Å²) in [6.07, 6.45) is -4.80. The summed E-state index contributed by atoms with van der Waals surface area (Å²) in [4.78, 5) is 12.3. The fraction of sp³-hybridized carbons (Fsp3) is 0.200. The lowest BCUT2D eigenvalue weighted by Gasteiger charge is -2.11. The number of carbonyl (C=O) groups is 1. The third-order valence-electron chi connectivity index (χ3n) is 4.01. The van der Waals surface area contributed by atoms with Crippen LogP contribution < -0.4 is 14.8 Å². The van der Waals surface area contributed by atoms with Gasteiger partial charge in [0.15, 0.2) is 0 Å². The fourth-order valence-electron chi connectivity index (χ4n) is 2.54. The second kappa shape index (κ2) is 8.26. The normalized spacial score (nSPS) is 11.2. The molecule has 0 aliphatic carbocycles. The number of halogens is 3. The van der Waals surface area contributed by atoms with Gasteiger partial charge in [0.1, 0.15) is 23.9 Å². The molecule has 3 rings (SSSR count). The van der Waals surface area contributed by atoms with E-state index >= 15 is 0 Å². The van der Waals surface area contributed by atoms with Gasteiger partial charge in [-0.3, -0.25) is 4.79 Å². The number of nitrogens with zero attached hydrogens (tertiary/aromatic N) is 1. The minimum absolute atomic E-state index is 0.176. The standard InChI is InChI=1S/C20H17F3N2O4/c1-12-18(13(2)29-25-12)11-27-16-8-6-14(7-9-16)19(26)24-15-4-3-5-17(10-15)28-20(21,22)23/h3-10H,11H2,1-2H3,(H,24,26). The van der Waals surface area contributed by atoms with E-state index in [2.05, 4.69) is 15.2 Å². The number of amides is 1. The van der Waals surface area contributed by atoms with Crippen LogP contribution in [0.1, 0.15) is 27.4 Å². The molecule has 0 fully saturated rings. The molecule has 3 aromatic rings. The van der Waals surface area contributed by atoms with Crippen molar-refractivity contribution in [2.45, 2.75) is 26.8 Å². The molecule has 152 valence electrons. The number of nitrogens with one attached hydrogen (secondary N) is 1. The van der Waals surface area contributed by atoms with Crippen molar-refractivity contribution in [3.63, 3.8) is 0 Å². The van der Waals surface area contributed by atoms with Crippen LogP contribution in [0.3, 0.4) is 0 Å². The molecule has 0 unspecified atom stereocenters. The van der Waals surface area contributed by atoms with Gasteiger partial charge in [0.2, 0.25) is 0 Å². The van der Waals surface area contributed by atoms with Crippen LogP contribution in [0.25, 0.3) is 0 Å². The predicted octanol–water partition coefficient (Wildman–Crippen LogP) is 5.02. The number of aryl methyl sites for hydroxylation is 2. The minimum Gasteiger partial charge on any atom is -0.489 e. The summed E-state index contributed by atoms with van der Waals surface area (Å²) >= 11 is 0. The summed E-state index contributed by atoms with van der Waals surface area (Å²) in [5.41, 5.74) is 2.09. The van der Waals surface area contributed by atoms with E-state index in [-0.39, 0.29) is 12.3 Å². The van der Waals surface area contributed by atoms with E-state index in [1.54, 1.807) is 31.2 Å². The van der Waals surface area contributed by atoms with Crippen molar-refractivity contribution in [2.24, 2.45) is 0 Å². The van der Waals surface area contributed by atoms with Crippen LogP contribution >= 0.6 is 0 Å². The SMILES string of the molecule is Cc1noc(C)c1COc1ccc(C(=O)Nc2cccc(OC(F)(F)F)c2)cc1. The molecule has 9 heteroatoms. The van der Waals surface area contributed by atoms with Gasteiger partial charge in [0, 0.05) is 17.3 Å². The van der Waals surface area contributed by atoms with Gasteiger partial charge in [0.05, 0.1) is 11.3 Å². The van der Waals surface area contributed by atoms with E-state index in [4.69, 9.17) is 9.26 Å². The lowest BCUT2D eigenvalue weighted by molar-refractivity contribution is -0.274. The Morgan fingerprint density at radius 1 is 1.10 bits per heavy atom. The van der Waals surface area contributed by atoms with E-state index in [1.165, 1.54) is 12.1 Å². The number of anilines is 1. The summed E-state index contributed by atoms with van der Waals surface area (Å²) in [6, 6.07) is 11.4. The van der Waals surface area contributed by atoms with Crippen molar-refractivity contribution in [1.82, 2.24) is 5.16 Å². The Morgan fingerprint density at radius 2 is 1.83 bits per heavy atom. The average Bonchev–Trinajstić information content (AvgIpc) is 2.97. The van der Waals surface area contributed by atoms with Crippen molar-refractivity contribution in [2.75, 3.05) is 5.32 Å². The molecule has 0 atom stereocenters. The van der Waals surface area contributed by atoms with Crippen molar-refractivity contribution >= 4 is 11.6 Å². The quantitative estimate of drug-likeness (QED) is 0.622. The largest absolute Gasteiger partial charge is 0.573 e. The summed E-state index contributed by atoms with van der Waals surface area (Å²) in [6.45, 7) is 3.89. The van der Waals surface area contributed by atoms with Gasteiger partial charge in [0.25, 0.3) is 5.91 Å². The first-order valence-electron chi connectivity index (χ1n) is 8.53. The number of aromatic nitrogens is 1. The first-order chi connectivity index (χ1) is 13.7. The zero-order valence-corrected chi connectivity index (χ0v) is 15.5. The Balaban J connectivity index is 1.61. The van der Waals surface area contributed by atoms with Crippen molar-refractivity contribution < 1.29 is 32.0 Å². The molecule has 0 saturated carbocycles. The number of benzene rings is 2. The molecule has 1 amide bonds. The van der Waals surface area contributed by atoms with Crippen LogP contribution in [0.15, 0.2) is 53.1 Å². The Morgan fingerprint density at radius 3 is 2.45 bits per heavy atom. The maximum Gasteiger partial charge on any atom is 0.573 e. The van der Waals surface area contributed by atoms with Gasteiger partial charge in [-0.1, -0.05) is 11.2 Å². The van der Waals surface area contributed by atoms with Crippen LogP contribution in [-0.4, -0.2) is 17.4 Å². The number of rotatable bonds is 6. The van der Waals surface area contributed by atoms with Crippen LogP contribution in [0.5, 0.6) is 11.5 Å². The molecule has 6 nitrogen and oxygen atoms in total. The molecule has 0 aliphatic rings. The van der Waals surface area contributed by atoms with E-state index in [9.17, 15) is 18.0 Å². The van der Waals surface area contributed by atoms with Gasteiger partial charge in [-0.2, -0.15) is 0 Å². The number of alkyl halides is 3. The molecule has 0 radical (unpaired) electrons. The molecule has 29 heavy (non-hydrogen) atoms. The van der Waals surface area contributed by atoms with E-state index < -0.39 is 18.0 Å². The Hall–Kier alpha value is -3.49.